The smallest absolute Gasteiger partial charge is 0.0271 e. The molecule has 0 spiro atoms. The van der Waals surface area contributed by atoms with Crippen molar-refractivity contribution in [3.63, 3.8) is 0 Å². The predicted molar refractivity (Wildman–Crippen MR) is 54.2 cm³/mol. The number of aromatic nitrogens is 1. The average molecular weight is 180 g/mol. The molecule has 0 unspecified atom stereocenters. The second-order valence-electron chi connectivity index (χ2n) is 2.49. The van der Waals surface area contributed by atoms with Crippen molar-refractivity contribution < 1.29 is 0 Å². The van der Waals surface area contributed by atoms with Crippen molar-refractivity contribution >= 4 is 17.6 Å². The molecule has 0 atom stereocenters. The van der Waals surface area contributed by atoms with Crippen molar-refractivity contribution in [2.24, 2.45) is 0 Å². The Balaban J connectivity index is 2.20. The van der Waals surface area contributed by atoms with Crippen LogP contribution in [0.3, 0.4) is 0 Å². The van der Waals surface area contributed by atoms with Gasteiger partial charge in [0, 0.05) is 18.9 Å². The fourth-order valence-corrected chi connectivity index (χ4v) is 1.01. The molecule has 0 saturated heterocycles. The van der Waals surface area contributed by atoms with Crippen LogP contribution in [0.1, 0.15) is 12.0 Å². The minimum absolute atomic E-state index is 0.895. The highest BCUT2D eigenvalue weighted by Crippen LogP contribution is 1.94. The molecule has 0 amide bonds. The van der Waals surface area contributed by atoms with Gasteiger partial charge in [-0.1, -0.05) is 12.2 Å². The van der Waals surface area contributed by atoms with E-state index in [1.54, 1.807) is 17.8 Å². The minimum Gasteiger partial charge on any atom is -0.312 e. The quantitative estimate of drug-likeness (QED) is 0.550. The van der Waals surface area contributed by atoms with E-state index in [-0.39, 0.29) is 0 Å². The fourth-order valence-electron chi connectivity index (χ4n) is 0.894. The van der Waals surface area contributed by atoms with E-state index in [4.69, 9.17) is 12.2 Å². The first-order valence-corrected chi connectivity index (χ1v) is 4.44. The van der Waals surface area contributed by atoms with Gasteiger partial charge in [0.15, 0.2) is 0 Å². The Morgan fingerprint density at radius 3 is 2.83 bits per heavy atom. The van der Waals surface area contributed by atoms with Gasteiger partial charge in [-0.05, 0) is 36.0 Å². The molecule has 64 valence electrons. The number of nitrogens with zero attached hydrogens (tertiary/aromatic N) is 1. The molecule has 12 heavy (non-hydrogen) atoms. The third kappa shape index (κ3) is 3.55. The first kappa shape index (κ1) is 9.29. The van der Waals surface area contributed by atoms with Crippen LogP contribution in [0.4, 0.5) is 0 Å². The third-order valence-corrected chi connectivity index (χ3v) is 1.75. The predicted octanol–water partition coefficient (Wildman–Crippen LogP) is 1.56. The second kappa shape index (κ2) is 5.80. The third-order valence-electron chi connectivity index (χ3n) is 1.52. The van der Waals surface area contributed by atoms with E-state index in [0.717, 1.165) is 19.5 Å². The van der Waals surface area contributed by atoms with Gasteiger partial charge in [0.05, 0.1) is 0 Å². The Bertz CT molecular complexity index is 223. The standard InChI is InChI=1S/C9H12N2S/c12-7-1-4-11-8-9-2-5-10-6-3-9/h2-3,5-7,11H,1,4,8H2. The highest BCUT2D eigenvalue weighted by molar-refractivity contribution is 7.78. The lowest BCUT2D eigenvalue weighted by Gasteiger charge is -2.01. The van der Waals surface area contributed by atoms with E-state index in [2.05, 4.69) is 10.3 Å². The number of pyridine rings is 1. The SMILES string of the molecule is S=CCCNCc1ccncc1. The zero-order valence-electron chi connectivity index (χ0n) is 6.86. The van der Waals surface area contributed by atoms with Gasteiger partial charge in [0.25, 0.3) is 0 Å². The van der Waals surface area contributed by atoms with Gasteiger partial charge in [-0.2, -0.15) is 0 Å². The topological polar surface area (TPSA) is 24.9 Å². The highest BCUT2D eigenvalue weighted by atomic mass is 32.1. The van der Waals surface area contributed by atoms with Crippen molar-refractivity contribution in [2.75, 3.05) is 6.54 Å². The van der Waals surface area contributed by atoms with Crippen molar-refractivity contribution in [1.29, 1.82) is 0 Å². The summed E-state index contributed by atoms with van der Waals surface area (Å²) in [6.45, 7) is 1.84. The summed E-state index contributed by atoms with van der Waals surface area (Å²) in [6, 6.07) is 4.01. The summed E-state index contributed by atoms with van der Waals surface area (Å²) in [5.41, 5.74) is 1.26. The molecule has 0 aliphatic heterocycles. The molecule has 1 aromatic heterocycles. The van der Waals surface area contributed by atoms with E-state index in [1.165, 1.54) is 5.56 Å². The summed E-state index contributed by atoms with van der Waals surface area (Å²) in [6.07, 6.45) is 4.55. The molecule has 1 aromatic rings. The Morgan fingerprint density at radius 1 is 1.42 bits per heavy atom. The van der Waals surface area contributed by atoms with Crippen molar-refractivity contribution in [3.05, 3.63) is 30.1 Å². The van der Waals surface area contributed by atoms with Gasteiger partial charge in [-0.15, -0.1) is 0 Å². The number of hydrogen-bond acceptors (Lipinski definition) is 3. The van der Waals surface area contributed by atoms with Crippen LogP contribution in [0.2, 0.25) is 0 Å². The molecule has 0 aliphatic carbocycles. The molecule has 0 aromatic carbocycles. The number of rotatable bonds is 5. The maximum Gasteiger partial charge on any atom is 0.0271 e. The molecular weight excluding hydrogens is 168 g/mol. The Kier molecular flexibility index (Phi) is 4.49. The molecule has 0 fully saturated rings. The van der Waals surface area contributed by atoms with Crippen molar-refractivity contribution in [3.8, 4) is 0 Å². The number of nitrogens with one attached hydrogen (secondary N) is 1. The van der Waals surface area contributed by atoms with E-state index >= 15 is 0 Å². The largest absolute Gasteiger partial charge is 0.312 e. The number of hydrogen-bond donors (Lipinski definition) is 1. The Labute approximate surface area is 78.0 Å². The first-order chi connectivity index (χ1) is 5.93. The Morgan fingerprint density at radius 2 is 2.17 bits per heavy atom. The van der Waals surface area contributed by atoms with Crippen molar-refractivity contribution in [2.45, 2.75) is 13.0 Å². The van der Waals surface area contributed by atoms with Gasteiger partial charge < -0.3 is 5.32 Å². The van der Waals surface area contributed by atoms with Crippen LogP contribution in [0.15, 0.2) is 24.5 Å². The summed E-state index contributed by atoms with van der Waals surface area (Å²) in [4.78, 5) is 3.94. The van der Waals surface area contributed by atoms with Gasteiger partial charge in [-0.25, -0.2) is 0 Å². The van der Waals surface area contributed by atoms with Crippen LogP contribution >= 0.6 is 12.2 Å². The molecule has 0 bridgehead atoms. The highest BCUT2D eigenvalue weighted by Gasteiger charge is 1.88. The van der Waals surface area contributed by atoms with Crippen LogP contribution in [0.25, 0.3) is 0 Å². The van der Waals surface area contributed by atoms with Crippen molar-refractivity contribution in [1.82, 2.24) is 10.3 Å². The van der Waals surface area contributed by atoms with Crippen LogP contribution in [-0.4, -0.2) is 16.9 Å². The number of thiocarbonyl (C=S) groups is 1. The normalized spacial score (nSPS) is 9.67. The molecule has 0 saturated carbocycles. The summed E-state index contributed by atoms with van der Waals surface area (Å²) in [7, 11) is 0. The van der Waals surface area contributed by atoms with Gasteiger partial charge in [-0.3, -0.25) is 4.98 Å². The maximum atomic E-state index is 4.71. The van der Waals surface area contributed by atoms with Crippen LogP contribution in [-0.2, 0) is 6.54 Å². The summed E-state index contributed by atoms with van der Waals surface area (Å²) < 4.78 is 0. The lowest BCUT2D eigenvalue weighted by atomic mass is 10.3. The molecule has 1 heterocycles. The van der Waals surface area contributed by atoms with E-state index < -0.39 is 0 Å². The zero-order chi connectivity index (χ0) is 8.65. The van der Waals surface area contributed by atoms with E-state index in [0.29, 0.717) is 0 Å². The van der Waals surface area contributed by atoms with Gasteiger partial charge in [0.1, 0.15) is 0 Å². The summed E-state index contributed by atoms with van der Waals surface area (Å²) >= 11 is 4.71. The molecule has 2 nitrogen and oxygen atoms in total. The zero-order valence-corrected chi connectivity index (χ0v) is 7.68. The Hall–Kier alpha value is -0.800. The summed E-state index contributed by atoms with van der Waals surface area (Å²) in [5, 5.41) is 5.03. The molecule has 1 rings (SSSR count). The lowest BCUT2D eigenvalue weighted by molar-refractivity contribution is 0.708. The maximum absolute atomic E-state index is 4.71. The van der Waals surface area contributed by atoms with E-state index in [1.807, 2.05) is 12.1 Å². The molecule has 0 radical (unpaired) electrons. The van der Waals surface area contributed by atoms with Crippen LogP contribution in [0.5, 0.6) is 0 Å². The van der Waals surface area contributed by atoms with E-state index in [9.17, 15) is 0 Å². The molecule has 0 aliphatic rings. The molecular formula is C9H12N2S. The van der Waals surface area contributed by atoms with Crippen LogP contribution < -0.4 is 5.32 Å². The lowest BCUT2D eigenvalue weighted by Crippen LogP contribution is -2.14. The summed E-state index contributed by atoms with van der Waals surface area (Å²) in [5.74, 6) is 0. The fraction of sp³-hybridized carbons (Fsp3) is 0.333. The van der Waals surface area contributed by atoms with Gasteiger partial charge >= 0.3 is 0 Å². The van der Waals surface area contributed by atoms with Crippen LogP contribution in [0, 0.1) is 0 Å². The second-order valence-corrected chi connectivity index (χ2v) is 2.82. The van der Waals surface area contributed by atoms with Gasteiger partial charge in [0.2, 0.25) is 0 Å². The average Bonchev–Trinajstić information content (AvgIpc) is 2.14. The first-order valence-electron chi connectivity index (χ1n) is 3.97. The molecule has 3 heteroatoms. The monoisotopic (exact) mass is 180 g/mol. The molecule has 1 N–H and O–H groups in total. The minimum atomic E-state index is 0.895.